The van der Waals surface area contributed by atoms with Gasteiger partial charge in [-0.1, -0.05) is 0 Å². The van der Waals surface area contributed by atoms with Gasteiger partial charge in [-0.3, -0.25) is 4.79 Å². The number of rotatable bonds is 3. The van der Waals surface area contributed by atoms with Crippen LogP contribution in [0, 0.1) is 6.92 Å². The molecule has 0 saturated heterocycles. The Morgan fingerprint density at radius 3 is 3.00 bits per heavy atom. The topological polar surface area (TPSA) is 55.0 Å². The summed E-state index contributed by atoms with van der Waals surface area (Å²) in [6.07, 6.45) is 2.20. The van der Waals surface area contributed by atoms with E-state index in [0.717, 1.165) is 0 Å². The standard InChI is InChI=1S/C8H12N2O2/c1-6-9-5-7(3-4-12-2)8(11)10-6/h5H,3-4H2,1-2H3,(H,9,10,11). The summed E-state index contributed by atoms with van der Waals surface area (Å²) in [5, 5.41) is 0. The molecule has 0 radical (unpaired) electrons. The molecular weight excluding hydrogens is 156 g/mol. The van der Waals surface area contributed by atoms with E-state index in [4.69, 9.17) is 4.74 Å². The molecular formula is C8H12N2O2. The van der Waals surface area contributed by atoms with Crippen molar-refractivity contribution in [1.29, 1.82) is 0 Å². The van der Waals surface area contributed by atoms with E-state index in [2.05, 4.69) is 9.97 Å². The third-order valence-electron chi connectivity index (χ3n) is 1.58. The molecule has 4 nitrogen and oxygen atoms in total. The van der Waals surface area contributed by atoms with E-state index in [1.807, 2.05) is 0 Å². The monoisotopic (exact) mass is 168 g/mol. The Bertz CT molecular complexity index is 306. The lowest BCUT2D eigenvalue weighted by molar-refractivity contribution is 0.202. The van der Waals surface area contributed by atoms with Crippen LogP contribution in [0.4, 0.5) is 0 Å². The number of hydrogen-bond acceptors (Lipinski definition) is 3. The van der Waals surface area contributed by atoms with E-state index in [9.17, 15) is 4.79 Å². The van der Waals surface area contributed by atoms with Crippen LogP contribution in [0.5, 0.6) is 0 Å². The zero-order valence-electron chi connectivity index (χ0n) is 7.26. The van der Waals surface area contributed by atoms with E-state index in [0.29, 0.717) is 24.4 Å². The molecule has 1 rings (SSSR count). The van der Waals surface area contributed by atoms with Gasteiger partial charge in [0.05, 0.1) is 6.61 Å². The Morgan fingerprint density at radius 1 is 1.67 bits per heavy atom. The molecule has 4 heteroatoms. The minimum atomic E-state index is -0.0699. The summed E-state index contributed by atoms with van der Waals surface area (Å²) >= 11 is 0. The molecule has 0 aliphatic heterocycles. The molecule has 1 aromatic heterocycles. The summed E-state index contributed by atoms with van der Waals surface area (Å²) in [4.78, 5) is 17.8. The quantitative estimate of drug-likeness (QED) is 0.704. The molecule has 0 aliphatic carbocycles. The lowest BCUT2D eigenvalue weighted by atomic mass is 10.2. The molecule has 1 aromatic rings. The van der Waals surface area contributed by atoms with Crippen molar-refractivity contribution < 1.29 is 4.74 Å². The lowest BCUT2D eigenvalue weighted by Crippen LogP contribution is -2.16. The van der Waals surface area contributed by atoms with Crippen molar-refractivity contribution in [1.82, 2.24) is 9.97 Å². The summed E-state index contributed by atoms with van der Waals surface area (Å²) in [5.74, 6) is 0.640. The first kappa shape index (κ1) is 8.93. The first-order chi connectivity index (χ1) is 5.74. The second-order valence-corrected chi connectivity index (χ2v) is 2.57. The largest absolute Gasteiger partial charge is 0.384 e. The molecule has 1 N–H and O–H groups in total. The number of aromatic nitrogens is 2. The van der Waals surface area contributed by atoms with Crippen molar-refractivity contribution in [2.45, 2.75) is 13.3 Å². The molecule has 0 saturated carbocycles. The number of hydrogen-bond donors (Lipinski definition) is 1. The van der Waals surface area contributed by atoms with Crippen molar-refractivity contribution in [2.75, 3.05) is 13.7 Å². The van der Waals surface area contributed by atoms with Gasteiger partial charge in [0, 0.05) is 25.3 Å². The Balaban J connectivity index is 2.80. The Morgan fingerprint density at radius 2 is 2.42 bits per heavy atom. The highest BCUT2D eigenvalue weighted by atomic mass is 16.5. The fourth-order valence-electron chi connectivity index (χ4n) is 0.900. The Hall–Kier alpha value is -1.16. The second-order valence-electron chi connectivity index (χ2n) is 2.57. The van der Waals surface area contributed by atoms with Gasteiger partial charge in [0.15, 0.2) is 0 Å². The normalized spacial score (nSPS) is 10.2. The summed E-state index contributed by atoms with van der Waals surface area (Å²) < 4.78 is 4.85. The highest BCUT2D eigenvalue weighted by Crippen LogP contribution is 1.90. The summed E-state index contributed by atoms with van der Waals surface area (Å²) in [6.45, 7) is 2.30. The number of aromatic amines is 1. The molecule has 12 heavy (non-hydrogen) atoms. The molecule has 0 amide bonds. The number of ether oxygens (including phenoxy) is 1. The predicted octanol–water partition coefficient (Wildman–Crippen LogP) is 0.267. The van der Waals surface area contributed by atoms with Gasteiger partial charge in [-0.25, -0.2) is 4.98 Å². The minimum absolute atomic E-state index is 0.0699. The molecule has 1 heterocycles. The minimum Gasteiger partial charge on any atom is -0.384 e. The highest BCUT2D eigenvalue weighted by molar-refractivity contribution is 5.05. The average molecular weight is 168 g/mol. The number of methoxy groups -OCH3 is 1. The van der Waals surface area contributed by atoms with Crippen LogP contribution in [0.25, 0.3) is 0 Å². The third kappa shape index (κ3) is 2.17. The van der Waals surface area contributed by atoms with Gasteiger partial charge in [0.25, 0.3) is 5.56 Å². The van der Waals surface area contributed by atoms with E-state index >= 15 is 0 Å². The van der Waals surface area contributed by atoms with Crippen LogP contribution in [0.1, 0.15) is 11.4 Å². The number of aryl methyl sites for hydroxylation is 1. The van der Waals surface area contributed by atoms with Gasteiger partial charge < -0.3 is 9.72 Å². The molecule has 0 aromatic carbocycles. The molecule has 0 spiro atoms. The zero-order chi connectivity index (χ0) is 8.97. The second kappa shape index (κ2) is 4.01. The van der Waals surface area contributed by atoms with E-state index in [1.54, 1.807) is 20.2 Å². The van der Waals surface area contributed by atoms with Crippen molar-refractivity contribution in [2.24, 2.45) is 0 Å². The van der Waals surface area contributed by atoms with Gasteiger partial charge in [0.2, 0.25) is 0 Å². The van der Waals surface area contributed by atoms with E-state index in [1.165, 1.54) is 0 Å². The first-order valence-electron chi connectivity index (χ1n) is 3.78. The lowest BCUT2D eigenvalue weighted by Gasteiger charge is -1.98. The first-order valence-corrected chi connectivity index (χ1v) is 3.78. The summed E-state index contributed by atoms with van der Waals surface area (Å²) in [5.41, 5.74) is 0.599. The smallest absolute Gasteiger partial charge is 0.254 e. The van der Waals surface area contributed by atoms with Crippen LogP contribution in [0.15, 0.2) is 11.0 Å². The zero-order valence-corrected chi connectivity index (χ0v) is 7.26. The van der Waals surface area contributed by atoms with Crippen molar-refractivity contribution in [3.05, 3.63) is 27.9 Å². The summed E-state index contributed by atoms with van der Waals surface area (Å²) in [6, 6.07) is 0. The maximum Gasteiger partial charge on any atom is 0.254 e. The molecule has 66 valence electrons. The number of nitrogens with one attached hydrogen (secondary N) is 1. The molecule has 0 atom stereocenters. The third-order valence-corrected chi connectivity index (χ3v) is 1.58. The van der Waals surface area contributed by atoms with Gasteiger partial charge in [-0.05, 0) is 6.92 Å². The van der Waals surface area contributed by atoms with Crippen LogP contribution in [-0.2, 0) is 11.2 Å². The van der Waals surface area contributed by atoms with E-state index < -0.39 is 0 Å². The molecule has 0 fully saturated rings. The highest BCUT2D eigenvalue weighted by Gasteiger charge is 1.98. The summed E-state index contributed by atoms with van der Waals surface area (Å²) in [7, 11) is 1.61. The van der Waals surface area contributed by atoms with E-state index in [-0.39, 0.29) is 5.56 Å². The maximum atomic E-state index is 11.2. The van der Waals surface area contributed by atoms with Gasteiger partial charge in [0.1, 0.15) is 5.82 Å². The molecule has 0 bridgehead atoms. The fourth-order valence-corrected chi connectivity index (χ4v) is 0.900. The van der Waals surface area contributed by atoms with Gasteiger partial charge >= 0.3 is 0 Å². The van der Waals surface area contributed by atoms with Crippen LogP contribution in [0.2, 0.25) is 0 Å². The number of nitrogens with zero attached hydrogens (tertiary/aromatic N) is 1. The Kier molecular flexibility index (Phi) is 2.99. The van der Waals surface area contributed by atoms with Crippen molar-refractivity contribution >= 4 is 0 Å². The van der Waals surface area contributed by atoms with Crippen LogP contribution >= 0.6 is 0 Å². The van der Waals surface area contributed by atoms with Crippen molar-refractivity contribution in [3.8, 4) is 0 Å². The molecule has 0 aliphatic rings. The predicted molar refractivity (Wildman–Crippen MR) is 45.2 cm³/mol. The number of H-pyrrole nitrogens is 1. The van der Waals surface area contributed by atoms with Crippen LogP contribution < -0.4 is 5.56 Å². The Labute approximate surface area is 70.6 Å². The SMILES string of the molecule is COCCc1cnc(C)[nH]c1=O. The van der Waals surface area contributed by atoms with Gasteiger partial charge in [-0.15, -0.1) is 0 Å². The average Bonchev–Trinajstić information content (AvgIpc) is 2.03. The van der Waals surface area contributed by atoms with Gasteiger partial charge in [-0.2, -0.15) is 0 Å². The van der Waals surface area contributed by atoms with Crippen LogP contribution in [-0.4, -0.2) is 23.7 Å². The maximum absolute atomic E-state index is 11.2. The van der Waals surface area contributed by atoms with Crippen molar-refractivity contribution in [3.63, 3.8) is 0 Å². The fraction of sp³-hybridized carbons (Fsp3) is 0.500. The van der Waals surface area contributed by atoms with Crippen LogP contribution in [0.3, 0.4) is 0 Å². The molecule has 0 unspecified atom stereocenters.